The van der Waals surface area contributed by atoms with Gasteiger partial charge in [-0.15, -0.1) is 0 Å². The molecular weight excluding hydrogens is 365 g/mol. The van der Waals surface area contributed by atoms with E-state index in [1.54, 1.807) is 19.1 Å². The Balaban J connectivity index is 1.88. The summed E-state index contributed by atoms with van der Waals surface area (Å²) >= 11 is 0. The summed E-state index contributed by atoms with van der Waals surface area (Å²) in [5.41, 5.74) is 6.77. The molecule has 1 aromatic carbocycles. The molecular formula is C20H22FN3O4. The molecule has 0 spiro atoms. The average molecular weight is 387 g/mol. The van der Waals surface area contributed by atoms with E-state index in [2.05, 4.69) is 10.3 Å². The number of hydrogen-bond acceptors (Lipinski definition) is 5. The lowest BCUT2D eigenvalue weighted by molar-refractivity contribution is -0.126. The minimum absolute atomic E-state index is 0.0471. The van der Waals surface area contributed by atoms with E-state index in [-0.39, 0.29) is 29.4 Å². The van der Waals surface area contributed by atoms with Crippen molar-refractivity contribution in [2.24, 2.45) is 5.73 Å². The van der Waals surface area contributed by atoms with Gasteiger partial charge in [-0.3, -0.25) is 14.6 Å². The van der Waals surface area contributed by atoms with Crippen LogP contribution < -0.4 is 15.8 Å². The predicted molar refractivity (Wildman–Crippen MR) is 101 cm³/mol. The van der Waals surface area contributed by atoms with Crippen molar-refractivity contribution in [3.8, 4) is 5.75 Å². The van der Waals surface area contributed by atoms with Gasteiger partial charge in [0.2, 0.25) is 0 Å². The fourth-order valence-corrected chi connectivity index (χ4v) is 3.52. The maximum absolute atomic E-state index is 13.9. The summed E-state index contributed by atoms with van der Waals surface area (Å²) in [6.07, 6.45) is 1.02. The summed E-state index contributed by atoms with van der Waals surface area (Å²) in [5.74, 6) is -1.32. The van der Waals surface area contributed by atoms with Gasteiger partial charge in [-0.05, 0) is 38.5 Å². The molecule has 0 unspecified atom stereocenters. The Kier molecular flexibility index (Phi) is 5.60. The molecule has 1 aliphatic rings. The zero-order chi connectivity index (χ0) is 20.4. The van der Waals surface area contributed by atoms with Crippen LogP contribution >= 0.6 is 0 Å². The highest BCUT2D eigenvalue weighted by molar-refractivity contribution is 5.97. The summed E-state index contributed by atoms with van der Waals surface area (Å²) in [6, 6.07) is 5.95. The van der Waals surface area contributed by atoms with Crippen molar-refractivity contribution < 1.29 is 23.5 Å². The summed E-state index contributed by atoms with van der Waals surface area (Å²) in [6.45, 7) is 3.51. The molecule has 148 valence electrons. The smallest absolute Gasteiger partial charge is 0.267 e. The highest BCUT2D eigenvalue weighted by Gasteiger charge is 2.40. The number of benzene rings is 1. The van der Waals surface area contributed by atoms with Gasteiger partial charge in [0.25, 0.3) is 11.8 Å². The van der Waals surface area contributed by atoms with Crippen LogP contribution in [0.3, 0.4) is 0 Å². The number of nitrogens with zero attached hydrogens (tertiary/aromatic N) is 1. The molecule has 7 nitrogen and oxygen atoms in total. The van der Waals surface area contributed by atoms with Gasteiger partial charge in [0.1, 0.15) is 23.4 Å². The number of aromatic nitrogens is 1. The number of carbonyl (C=O) groups is 2. The van der Waals surface area contributed by atoms with E-state index >= 15 is 0 Å². The van der Waals surface area contributed by atoms with Gasteiger partial charge >= 0.3 is 0 Å². The quantitative estimate of drug-likeness (QED) is 0.821. The number of ether oxygens (including phenoxy) is 2. The van der Waals surface area contributed by atoms with Crippen molar-refractivity contribution in [3.05, 3.63) is 53.1 Å². The number of methoxy groups -OCH3 is 1. The van der Waals surface area contributed by atoms with E-state index in [1.807, 2.05) is 6.92 Å². The normalized spacial score (nSPS) is 21.4. The van der Waals surface area contributed by atoms with Gasteiger partial charge in [0.15, 0.2) is 0 Å². The van der Waals surface area contributed by atoms with Gasteiger partial charge in [-0.2, -0.15) is 0 Å². The van der Waals surface area contributed by atoms with Crippen LogP contribution in [0, 0.1) is 12.7 Å². The number of primary amides is 1. The minimum Gasteiger partial charge on any atom is -0.496 e. The van der Waals surface area contributed by atoms with Crippen molar-refractivity contribution >= 4 is 17.5 Å². The fourth-order valence-electron chi connectivity index (χ4n) is 3.52. The Hall–Kier alpha value is -3.00. The Labute approximate surface area is 162 Å². The van der Waals surface area contributed by atoms with Gasteiger partial charge in [0.05, 0.1) is 13.2 Å². The molecule has 1 aliphatic heterocycles. The molecule has 0 bridgehead atoms. The van der Waals surface area contributed by atoms with Gasteiger partial charge in [0, 0.05) is 28.9 Å². The molecule has 8 heteroatoms. The van der Waals surface area contributed by atoms with E-state index in [4.69, 9.17) is 15.2 Å². The third kappa shape index (κ3) is 3.82. The maximum Gasteiger partial charge on any atom is 0.267 e. The Morgan fingerprint density at radius 2 is 2.11 bits per heavy atom. The number of hydrogen-bond donors (Lipinski definition) is 2. The summed E-state index contributed by atoms with van der Waals surface area (Å²) in [7, 11) is 1.47. The number of nitrogens with one attached hydrogen (secondary N) is 1. The molecule has 28 heavy (non-hydrogen) atoms. The standard InChI is InChI=1S/C20H22FN3O4/c1-10-8-14(13-4-5-15(21)11(2)17(13)27-3)18(28-10)20(26)24-12-6-7-23-16(9-12)19(22)25/h4-7,9-10,14,18H,8H2,1-3H3,(H2,22,25)(H,23,24,26)/t10-,14-,18+/m0/s1. The Morgan fingerprint density at radius 1 is 1.36 bits per heavy atom. The number of rotatable bonds is 5. The van der Waals surface area contributed by atoms with Crippen molar-refractivity contribution in [3.63, 3.8) is 0 Å². The van der Waals surface area contributed by atoms with Crippen LogP contribution in [0.4, 0.5) is 10.1 Å². The highest BCUT2D eigenvalue weighted by Crippen LogP contribution is 2.41. The minimum atomic E-state index is -0.793. The van der Waals surface area contributed by atoms with Crippen LogP contribution in [0.5, 0.6) is 5.75 Å². The number of pyridine rings is 1. The van der Waals surface area contributed by atoms with Crippen molar-refractivity contribution in [2.45, 2.75) is 38.4 Å². The Morgan fingerprint density at radius 3 is 2.79 bits per heavy atom. The highest BCUT2D eigenvalue weighted by atomic mass is 19.1. The van der Waals surface area contributed by atoms with Crippen molar-refractivity contribution in [1.29, 1.82) is 0 Å². The first-order valence-electron chi connectivity index (χ1n) is 8.87. The van der Waals surface area contributed by atoms with Gasteiger partial charge in [-0.1, -0.05) is 6.07 Å². The molecule has 2 heterocycles. The SMILES string of the molecule is COc1c([C@@H]2C[C@H](C)O[C@H]2C(=O)Nc2ccnc(C(N)=O)c2)ccc(F)c1C. The van der Waals surface area contributed by atoms with Crippen LogP contribution in [0.2, 0.25) is 0 Å². The van der Waals surface area contributed by atoms with E-state index in [9.17, 15) is 14.0 Å². The monoisotopic (exact) mass is 387 g/mol. The first-order chi connectivity index (χ1) is 13.3. The molecule has 0 aliphatic carbocycles. The fraction of sp³-hybridized carbons (Fsp3) is 0.350. The maximum atomic E-state index is 13.9. The second-order valence-corrected chi connectivity index (χ2v) is 6.79. The van der Waals surface area contributed by atoms with Crippen LogP contribution in [-0.4, -0.2) is 36.1 Å². The first kappa shape index (κ1) is 19.8. The number of carbonyl (C=O) groups excluding carboxylic acids is 2. The summed E-state index contributed by atoms with van der Waals surface area (Å²) in [5, 5.41) is 2.74. The zero-order valence-corrected chi connectivity index (χ0v) is 15.9. The molecule has 2 amide bonds. The number of halogens is 1. The average Bonchev–Trinajstić information content (AvgIpc) is 3.05. The van der Waals surface area contributed by atoms with Gasteiger partial charge < -0.3 is 20.5 Å². The molecule has 0 radical (unpaired) electrons. The van der Waals surface area contributed by atoms with Crippen LogP contribution in [-0.2, 0) is 9.53 Å². The second-order valence-electron chi connectivity index (χ2n) is 6.79. The lowest BCUT2D eigenvalue weighted by atomic mass is 9.88. The molecule has 3 rings (SSSR count). The molecule has 1 saturated heterocycles. The second kappa shape index (κ2) is 7.93. The summed E-state index contributed by atoms with van der Waals surface area (Å²) < 4.78 is 25.2. The zero-order valence-electron chi connectivity index (χ0n) is 15.9. The molecule has 3 N–H and O–H groups in total. The lowest BCUT2D eigenvalue weighted by Crippen LogP contribution is -2.32. The largest absolute Gasteiger partial charge is 0.496 e. The number of anilines is 1. The molecule has 1 fully saturated rings. The Bertz CT molecular complexity index is 918. The van der Waals surface area contributed by atoms with E-state index in [0.717, 1.165) is 5.56 Å². The third-order valence-electron chi connectivity index (χ3n) is 4.84. The van der Waals surface area contributed by atoms with Crippen molar-refractivity contribution in [1.82, 2.24) is 4.98 Å². The van der Waals surface area contributed by atoms with Gasteiger partial charge in [-0.25, -0.2) is 4.39 Å². The first-order valence-corrected chi connectivity index (χ1v) is 8.87. The number of amides is 2. The van der Waals surface area contributed by atoms with Crippen LogP contribution in [0.15, 0.2) is 30.5 Å². The molecule has 1 aromatic heterocycles. The van der Waals surface area contributed by atoms with Crippen LogP contribution in [0.1, 0.15) is 40.9 Å². The molecule has 3 atom stereocenters. The number of nitrogens with two attached hydrogens (primary N) is 1. The van der Waals surface area contributed by atoms with E-state index in [1.165, 1.54) is 25.4 Å². The lowest BCUT2D eigenvalue weighted by Gasteiger charge is -2.21. The van der Waals surface area contributed by atoms with Crippen LogP contribution in [0.25, 0.3) is 0 Å². The molecule has 0 saturated carbocycles. The predicted octanol–water partition coefficient (Wildman–Crippen LogP) is 2.54. The third-order valence-corrected chi connectivity index (χ3v) is 4.84. The van der Waals surface area contributed by atoms with E-state index in [0.29, 0.717) is 23.4 Å². The van der Waals surface area contributed by atoms with Crippen molar-refractivity contribution in [2.75, 3.05) is 12.4 Å². The summed E-state index contributed by atoms with van der Waals surface area (Å²) in [4.78, 5) is 28.0. The molecule has 2 aromatic rings. The topological polar surface area (TPSA) is 104 Å². The van der Waals surface area contributed by atoms with E-state index < -0.39 is 12.0 Å².